The van der Waals surface area contributed by atoms with Gasteiger partial charge in [-0.1, -0.05) is 0 Å². The third kappa shape index (κ3) is 5.20. The van der Waals surface area contributed by atoms with E-state index in [1.165, 1.54) is 12.1 Å². The van der Waals surface area contributed by atoms with Crippen LogP contribution in [0.15, 0.2) is 46.9 Å². The Bertz CT molecular complexity index is 777. The minimum atomic E-state index is -0.212. The SMILES string of the molecule is COc1ccc(Br)c(C(=O)NCCN2CCN(c3ccc(F)cc3)CC2)c1. The Morgan fingerprint density at radius 2 is 1.85 bits per heavy atom. The van der Waals surface area contributed by atoms with Gasteiger partial charge in [0.05, 0.1) is 12.7 Å². The molecule has 0 unspecified atom stereocenters. The Morgan fingerprint density at radius 1 is 1.15 bits per heavy atom. The number of nitrogens with zero attached hydrogens (tertiary/aromatic N) is 2. The Hall–Kier alpha value is -2.12. The molecule has 2 aromatic rings. The number of hydrogen-bond acceptors (Lipinski definition) is 4. The minimum Gasteiger partial charge on any atom is -0.497 e. The molecule has 1 aliphatic heterocycles. The van der Waals surface area contributed by atoms with Crippen LogP contribution in [0.4, 0.5) is 10.1 Å². The molecule has 0 bridgehead atoms. The number of anilines is 1. The lowest BCUT2D eigenvalue weighted by Gasteiger charge is -2.36. The summed E-state index contributed by atoms with van der Waals surface area (Å²) in [5, 5.41) is 2.97. The van der Waals surface area contributed by atoms with Gasteiger partial charge in [0, 0.05) is 49.4 Å². The number of ether oxygens (including phenoxy) is 1. The number of rotatable bonds is 6. The molecule has 5 nitrogen and oxygen atoms in total. The number of hydrogen-bond donors (Lipinski definition) is 1. The smallest absolute Gasteiger partial charge is 0.252 e. The molecule has 1 amide bonds. The van der Waals surface area contributed by atoms with Gasteiger partial charge >= 0.3 is 0 Å². The summed E-state index contributed by atoms with van der Waals surface area (Å²) in [6, 6.07) is 12.0. The van der Waals surface area contributed by atoms with Crippen molar-refractivity contribution in [2.75, 3.05) is 51.3 Å². The van der Waals surface area contributed by atoms with E-state index in [0.717, 1.165) is 42.9 Å². The molecular weight excluding hydrogens is 413 g/mol. The molecular formula is C20H23BrFN3O2. The van der Waals surface area contributed by atoms with Gasteiger partial charge in [0.1, 0.15) is 11.6 Å². The van der Waals surface area contributed by atoms with Crippen molar-refractivity contribution in [3.8, 4) is 5.75 Å². The second-order valence-corrected chi connectivity index (χ2v) is 7.26. The number of piperazine rings is 1. The highest BCUT2D eigenvalue weighted by Crippen LogP contribution is 2.22. The summed E-state index contributed by atoms with van der Waals surface area (Å²) in [6.07, 6.45) is 0. The highest BCUT2D eigenvalue weighted by Gasteiger charge is 2.17. The van der Waals surface area contributed by atoms with Gasteiger partial charge in [-0.15, -0.1) is 0 Å². The first-order valence-electron chi connectivity index (χ1n) is 8.91. The van der Waals surface area contributed by atoms with Gasteiger partial charge in [0.25, 0.3) is 5.91 Å². The summed E-state index contributed by atoms with van der Waals surface area (Å²) in [6.45, 7) is 4.98. The zero-order valence-electron chi connectivity index (χ0n) is 15.3. The maximum absolute atomic E-state index is 13.0. The summed E-state index contributed by atoms with van der Waals surface area (Å²) in [5.74, 6) is 0.321. The van der Waals surface area contributed by atoms with Crippen LogP contribution in [0.2, 0.25) is 0 Å². The Morgan fingerprint density at radius 3 is 2.52 bits per heavy atom. The van der Waals surface area contributed by atoms with Gasteiger partial charge in [0.15, 0.2) is 0 Å². The van der Waals surface area contributed by atoms with Crippen molar-refractivity contribution in [2.45, 2.75) is 0 Å². The lowest BCUT2D eigenvalue weighted by molar-refractivity contribution is 0.0946. The summed E-state index contributed by atoms with van der Waals surface area (Å²) >= 11 is 3.41. The lowest BCUT2D eigenvalue weighted by atomic mass is 10.2. The van der Waals surface area contributed by atoms with Crippen molar-refractivity contribution < 1.29 is 13.9 Å². The molecule has 144 valence electrons. The average Bonchev–Trinajstić information content (AvgIpc) is 2.69. The summed E-state index contributed by atoms with van der Waals surface area (Å²) in [4.78, 5) is 17.0. The van der Waals surface area contributed by atoms with E-state index in [-0.39, 0.29) is 11.7 Å². The molecule has 3 rings (SSSR count). The lowest BCUT2D eigenvalue weighted by Crippen LogP contribution is -2.48. The highest BCUT2D eigenvalue weighted by atomic mass is 79.9. The summed E-state index contributed by atoms with van der Waals surface area (Å²) < 4.78 is 19.0. The van der Waals surface area contributed by atoms with Crippen molar-refractivity contribution >= 4 is 27.5 Å². The number of methoxy groups -OCH3 is 1. The van der Waals surface area contributed by atoms with Gasteiger partial charge in [0.2, 0.25) is 0 Å². The fourth-order valence-corrected chi connectivity index (χ4v) is 3.54. The van der Waals surface area contributed by atoms with Crippen LogP contribution in [0.5, 0.6) is 5.75 Å². The number of halogens is 2. The van der Waals surface area contributed by atoms with Crippen molar-refractivity contribution in [3.05, 3.63) is 58.3 Å². The second kappa shape index (κ2) is 9.19. The first kappa shape index (κ1) is 19.6. The maximum Gasteiger partial charge on any atom is 0.252 e. The molecule has 0 aromatic heterocycles. The second-order valence-electron chi connectivity index (χ2n) is 6.41. The molecule has 7 heteroatoms. The van der Waals surface area contributed by atoms with Gasteiger partial charge < -0.3 is 15.0 Å². The first-order valence-corrected chi connectivity index (χ1v) is 9.71. The standard InChI is InChI=1S/C20H23BrFN3O2/c1-27-17-6-7-19(21)18(14-17)20(26)23-8-9-24-10-12-25(13-11-24)16-4-2-15(22)3-5-16/h2-7,14H,8-13H2,1H3,(H,23,26). The number of nitrogens with one attached hydrogen (secondary N) is 1. The summed E-state index contributed by atoms with van der Waals surface area (Å²) in [5.41, 5.74) is 1.61. The van der Waals surface area contributed by atoms with E-state index in [4.69, 9.17) is 4.74 Å². The van der Waals surface area contributed by atoms with Crippen LogP contribution in [0.3, 0.4) is 0 Å². The molecule has 1 N–H and O–H groups in total. The average molecular weight is 436 g/mol. The molecule has 0 aliphatic carbocycles. The number of carbonyl (C=O) groups is 1. The van der Waals surface area contributed by atoms with E-state index >= 15 is 0 Å². The number of amides is 1. The third-order valence-electron chi connectivity index (χ3n) is 4.70. The Balaban J connectivity index is 1.44. The number of carbonyl (C=O) groups excluding carboxylic acids is 1. The predicted molar refractivity (Wildman–Crippen MR) is 108 cm³/mol. The van der Waals surface area contributed by atoms with Crippen LogP contribution in [-0.2, 0) is 0 Å². The molecule has 0 atom stereocenters. The van der Waals surface area contributed by atoms with Crippen LogP contribution in [0.1, 0.15) is 10.4 Å². The predicted octanol–water partition coefficient (Wildman–Crippen LogP) is 3.15. The Kier molecular flexibility index (Phi) is 6.68. The molecule has 27 heavy (non-hydrogen) atoms. The zero-order valence-corrected chi connectivity index (χ0v) is 16.8. The van der Waals surface area contributed by atoms with Crippen LogP contribution in [-0.4, -0.2) is 57.2 Å². The monoisotopic (exact) mass is 435 g/mol. The van der Waals surface area contributed by atoms with Crippen molar-refractivity contribution in [2.24, 2.45) is 0 Å². The van der Waals surface area contributed by atoms with E-state index < -0.39 is 0 Å². The van der Waals surface area contributed by atoms with E-state index in [0.29, 0.717) is 17.9 Å². The molecule has 0 saturated carbocycles. The fourth-order valence-electron chi connectivity index (χ4n) is 3.11. The van der Waals surface area contributed by atoms with Crippen LogP contribution in [0, 0.1) is 5.82 Å². The van der Waals surface area contributed by atoms with E-state index in [1.54, 1.807) is 13.2 Å². The third-order valence-corrected chi connectivity index (χ3v) is 5.39. The van der Waals surface area contributed by atoms with Crippen LogP contribution < -0.4 is 15.0 Å². The number of benzene rings is 2. The molecule has 1 aliphatic rings. The van der Waals surface area contributed by atoms with Crippen molar-refractivity contribution in [3.63, 3.8) is 0 Å². The molecule has 1 heterocycles. The molecule has 1 saturated heterocycles. The van der Waals surface area contributed by atoms with Gasteiger partial charge in [-0.3, -0.25) is 9.69 Å². The molecule has 0 radical (unpaired) electrons. The minimum absolute atomic E-state index is 0.120. The van der Waals surface area contributed by atoms with E-state index in [1.807, 2.05) is 24.3 Å². The molecule has 0 spiro atoms. The maximum atomic E-state index is 13.0. The van der Waals surface area contributed by atoms with E-state index in [9.17, 15) is 9.18 Å². The first-order chi connectivity index (χ1) is 13.1. The van der Waals surface area contributed by atoms with E-state index in [2.05, 4.69) is 31.0 Å². The van der Waals surface area contributed by atoms with Gasteiger partial charge in [-0.25, -0.2) is 4.39 Å². The van der Waals surface area contributed by atoms with Gasteiger partial charge in [-0.05, 0) is 58.4 Å². The van der Waals surface area contributed by atoms with Crippen LogP contribution >= 0.6 is 15.9 Å². The van der Waals surface area contributed by atoms with Gasteiger partial charge in [-0.2, -0.15) is 0 Å². The Labute approximate surface area is 167 Å². The summed E-state index contributed by atoms with van der Waals surface area (Å²) in [7, 11) is 1.58. The fraction of sp³-hybridized carbons (Fsp3) is 0.350. The normalized spacial score (nSPS) is 14.9. The molecule has 2 aromatic carbocycles. The zero-order chi connectivity index (χ0) is 19.2. The topological polar surface area (TPSA) is 44.8 Å². The van der Waals surface area contributed by atoms with Crippen molar-refractivity contribution in [1.29, 1.82) is 0 Å². The van der Waals surface area contributed by atoms with Crippen LogP contribution in [0.25, 0.3) is 0 Å². The van der Waals surface area contributed by atoms with Crippen molar-refractivity contribution in [1.82, 2.24) is 10.2 Å². The molecule has 1 fully saturated rings. The largest absolute Gasteiger partial charge is 0.497 e. The highest BCUT2D eigenvalue weighted by molar-refractivity contribution is 9.10. The quantitative estimate of drug-likeness (QED) is 0.756.